The summed E-state index contributed by atoms with van der Waals surface area (Å²) >= 11 is 0. The molecule has 2 aromatic carbocycles. The van der Waals surface area contributed by atoms with E-state index in [0.29, 0.717) is 29.1 Å². The minimum atomic E-state index is -1.14. The number of aliphatic hydroxyl groups excluding tert-OH is 1. The summed E-state index contributed by atoms with van der Waals surface area (Å²) in [6.07, 6.45) is 6.15. The van der Waals surface area contributed by atoms with E-state index < -0.39 is 11.8 Å². The molecule has 2 unspecified atom stereocenters. The second-order valence-electron chi connectivity index (χ2n) is 8.41. The van der Waals surface area contributed by atoms with Crippen LogP contribution in [0.1, 0.15) is 35.8 Å². The van der Waals surface area contributed by atoms with Gasteiger partial charge in [-0.15, -0.1) is 0 Å². The Kier molecular flexibility index (Phi) is 6.09. The molecular formula is C28H27NO5. The third-order valence-corrected chi connectivity index (χ3v) is 6.45. The summed E-state index contributed by atoms with van der Waals surface area (Å²) < 4.78 is 17.5. The predicted molar refractivity (Wildman–Crippen MR) is 127 cm³/mol. The molecule has 3 aromatic rings. The number of rotatable bonds is 8. The van der Waals surface area contributed by atoms with Gasteiger partial charge in [0.05, 0.1) is 26.5 Å². The highest BCUT2D eigenvalue weighted by atomic mass is 16.5. The van der Waals surface area contributed by atoms with Crippen LogP contribution in [0.3, 0.4) is 0 Å². The summed E-state index contributed by atoms with van der Waals surface area (Å²) in [7, 11) is 1.60. The largest absolute Gasteiger partial charge is 0.497 e. The van der Waals surface area contributed by atoms with Crippen molar-refractivity contribution >= 4 is 5.91 Å². The first kappa shape index (κ1) is 22.2. The molecule has 0 radical (unpaired) electrons. The summed E-state index contributed by atoms with van der Waals surface area (Å²) in [4.78, 5) is 15.4. The molecule has 34 heavy (non-hydrogen) atoms. The summed E-state index contributed by atoms with van der Waals surface area (Å²) in [5, 5.41) is 11.0. The molecule has 0 spiro atoms. The molecule has 1 amide bonds. The summed E-state index contributed by atoms with van der Waals surface area (Å²) in [5.74, 6) is 1.27. The van der Waals surface area contributed by atoms with Crippen LogP contribution in [0.15, 0.2) is 101 Å². The van der Waals surface area contributed by atoms with Gasteiger partial charge >= 0.3 is 0 Å². The van der Waals surface area contributed by atoms with Gasteiger partial charge in [0.25, 0.3) is 5.91 Å². The number of hydrogen-bond acceptors (Lipinski definition) is 5. The molecule has 0 bridgehead atoms. The Labute approximate surface area is 198 Å². The second kappa shape index (κ2) is 9.33. The van der Waals surface area contributed by atoms with Crippen LogP contribution in [0, 0.1) is 0 Å². The molecule has 0 saturated heterocycles. The van der Waals surface area contributed by atoms with Gasteiger partial charge in [-0.3, -0.25) is 9.69 Å². The van der Waals surface area contributed by atoms with Crippen LogP contribution in [0.25, 0.3) is 0 Å². The number of amides is 1. The van der Waals surface area contributed by atoms with Crippen molar-refractivity contribution in [2.45, 2.75) is 31.2 Å². The Morgan fingerprint density at radius 1 is 1.09 bits per heavy atom. The maximum atomic E-state index is 13.7. The van der Waals surface area contributed by atoms with Crippen LogP contribution in [0.5, 0.6) is 5.75 Å². The molecule has 5 rings (SSSR count). The lowest BCUT2D eigenvalue weighted by Crippen LogP contribution is -2.48. The fourth-order valence-corrected chi connectivity index (χ4v) is 4.77. The number of carbonyl (C=O) groups excluding carboxylic acids is 1. The van der Waals surface area contributed by atoms with E-state index in [2.05, 4.69) is 0 Å². The van der Waals surface area contributed by atoms with Crippen molar-refractivity contribution in [1.82, 2.24) is 4.90 Å². The Morgan fingerprint density at radius 2 is 1.88 bits per heavy atom. The van der Waals surface area contributed by atoms with Gasteiger partial charge in [-0.2, -0.15) is 0 Å². The number of nitrogens with zero attached hydrogens (tertiary/aromatic N) is 1. The molecule has 0 saturated carbocycles. The number of carbonyl (C=O) groups is 1. The number of benzene rings is 2. The molecule has 6 heteroatoms. The number of methoxy groups -OCH3 is 1. The van der Waals surface area contributed by atoms with Crippen molar-refractivity contribution in [2.75, 3.05) is 13.7 Å². The van der Waals surface area contributed by atoms with Crippen LogP contribution < -0.4 is 4.74 Å². The van der Waals surface area contributed by atoms with E-state index in [9.17, 15) is 9.90 Å². The average molecular weight is 458 g/mol. The van der Waals surface area contributed by atoms with Gasteiger partial charge in [0.15, 0.2) is 5.72 Å². The minimum absolute atomic E-state index is 0.00362. The Morgan fingerprint density at radius 3 is 2.59 bits per heavy atom. The molecule has 2 heterocycles. The Bertz CT molecular complexity index is 1200. The first-order chi connectivity index (χ1) is 16.6. The number of ether oxygens (including phenoxy) is 2. The van der Waals surface area contributed by atoms with Crippen molar-refractivity contribution in [3.05, 3.63) is 113 Å². The highest BCUT2D eigenvalue weighted by molar-refractivity contribution is 6.01. The van der Waals surface area contributed by atoms with E-state index >= 15 is 0 Å². The summed E-state index contributed by atoms with van der Waals surface area (Å²) in [6, 6.07) is 20.7. The first-order valence-electron chi connectivity index (χ1n) is 11.4. The van der Waals surface area contributed by atoms with Gasteiger partial charge in [-0.05, 0) is 48.2 Å². The van der Waals surface area contributed by atoms with Crippen molar-refractivity contribution in [1.29, 1.82) is 0 Å². The quantitative estimate of drug-likeness (QED) is 0.522. The molecule has 0 fully saturated rings. The fourth-order valence-electron chi connectivity index (χ4n) is 4.77. The SMILES string of the molecule is COc1ccc(C(O)COC2(c3ccccc3)C3=C(C=CCC3)C(=O)N2Cc2ccco2)cc1. The summed E-state index contributed by atoms with van der Waals surface area (Å²) in [5.41, 5.74) is 1.99. The maximum absolute atomic E-state index is 13.7. The molecule has 1 aliphatic heterocycles. The molecule has 2 atom stereocenters. The lowest BCUT2D eigenvalue weighted by molar-refractivity contribution is -0.170. The van der Waals surface area contributed by atoms with Crippen LogP contribution in [-0.4, -0.2) is 29.6 Å². The molecular weight excluding hydrogens is 430 g/mol. The minimum Gasteiger partial charge on any atom is -0.497 e. The highest BCUT2D eigenvalue weighted by Gasteiger charge is 2.53. The molecule has 174 valence electrons. The van der Waals surface area contributed by atoms with Gasteiger partial charge in [-0.1, -0.05) is 54.6 Å². The van der Waals surface area contributed by atoms with E-state index in [-0.39, 0.29) is 19.1 Å². The summed E-state index contributed by atoms with van der Waals surface area (Å²) in [6.45, 7) is 0.254. The smallest absolute Gasteiger partial charge is 0.257 e. The third kappa shape index (κ3) is 3.85. The maximum Gasteiger partial charge on any atom is 0.257 e. The topological polar surface area (TPSA) is 72.1 Å². The van der Waals surface area contributed by atoms with Crippen LogP contribution in [-0.2, 0) is 21.8 Å². The van der Waals surface area contributed by atoms with Crippen molar-refractivity contribution < 1.29 is 23.8 Å². The van der Waals surface area contributed by atoms with Crippen molar-refractivity contribution in [3.63, 3.8) is 0 Å². The van der Waals surface area contributed by atoms with Crippen LogP contribution in [0.4, 0.5) is 0 Å². The zero-order chi connectivity index (χ0) is 23.5. The second-order valence-corrected chi connectivity index (χ2v) is 8.41. The van der Waals surface area contributed by atoms with Gasteiger partial charge in [0.2, 0.25) is 0 Å². The van der Waals surface area contributed by atoms with E-state index in [4.69, 9.17) is 13.9 Å². The molecule has 1 aliphatic carbocycles. The Hall–Kier alpha value is -3.61. The monoisotopic (exact) mass is 457 g/mol. The third-order valence-electron chi connectivity index (χ3n) is 6.45. The number of hydrogen-bond donors (Lipinski definition) is 1. The fraction of sp³-hybridized carbons (Fsp3) is 0.250. The van der Waals surface area contributed by atoms with Crippen molar-refractivity contribution in [3.8, 4) is 5.75 Å². The number of aliphatic hydroxyl groups is 1. The Balaban J connectivity index is 1.55. The zero-order valence-electron chi connectivity index (χ0n) is 19.0. The van der Waals surface area contributed by atoms with E-state index in [0.717, 1.165) is 17.6 Å². The van der Waals surface area contributed by atoms with E-state index in [1.807, 2.05) is 66.7 Å². The van der Waals surface area contributed by atoms with Gasteiger partial charge < -0.3 is 19.0 Å². The molecule has 6 nitrogen and oxygen atoms in total. The number of furan rings is 1. The highest BCUT2D eigenvalue weighted by Crippen LogP contribution is 2.49. The van der Waals surface area contributed by atoms with Gasteiger partial charge in [-0.25, -0.2) is 0 Å². The number of allylic oxidation sites excluding steroid dienone is 1. The molecule has 2 aliphatic rings. The lowest BCUT2D eigenvalue weighted by Gasteiger charge is -2.41. The molecule has 1 N–H and O–H groups in total. The van der Waals surface area contributed by atoms with E-state index in [1.54, 1.807) is 30.4 Å². The van der Waals surface area contributed by atoms with E-state index in [1.165, 1.54) is 0 Å². The first-order valence-corrected chi connectivity index (χ1v) is 11.4. The average Bonchev–Trinajstić information content (AvgIpc) is 3.49. The molecule has 1 aromatic heterocycles. The van der Waals surface area contributed by atoms with Crippen molar-refractivity contribution in [2.24, 2.45) is 0 Å². The van der Waals surface area contributed by atoms with Gasteiger partial charge in [0.1, 0.15) is 17.6 Å². The van der Waals surface area contributed by atoms with Gasteiger partial charge in [0, 0.05) is 11.1 Å². The van der Waals surface area contributed by atoms with Crippen LogP contribution in [0.2, 0.25) is 0 Å². The lowest BCUT2D eigenvalue weighted by atomic mass is 9.87. The van der Waals surface area contributed by atoms with Crippen LogP contribution >= 0.6 is 0 Å². The zero-order valence-corrected chi connectivity index (χ0v) is 19.0. The normalized spacial score (nSPS) is 20.5. The predicted octanol–water partition coefficient (Wildman–Crippen LogP) is 4.88. The standard InChI is InChI=1S/C28H27NO5/c1-32-22-15-13-20(14-16-22)26(30)19-34-28(21-8-3-2-4-9-21)25-12-6-5-11-24(25)27(31)29(28)18-23-10-7-17-33-23/h2-5,7-11,13-17,26,30H,6,12,18-19H2,1H3.